The molecule has 9 heteroatoms. The van der Waals surface area contributed by atoms with Gasteiger partial charge in [-0.05, 0) is 30.7 Å². The minimum Gasteiger partial charge on any atom is -0.504 e. The lowest BCUT2D eigenvalue weighted by Crippen LogP contribution is -2.19. The summed E-state index contributed by atoms with van der Waals surface area (Å²) in [5.41, 5.74) is 4.06. The molecule has 0 saturated carbocycles. The fraction of sp³-hybridized carbons (Fsp3) is 0.200. The van der Waals surface area contributed by atoms with E-state index in [2.05, 4.69) is 20.7 Å². The highest BCUT2D eigenvalue weighted by atomic mass is 32.2. The maximum atomic E-state index is 12.0. The molecule has 2 N–H and O–H groups in total. The normalized spacial score (nSPS) is 11.0. The van der Waals surface area contributed by atoms with Gasteiger partial charge in [0.2, 0.25) is 0 Å². The first-order valence-corrected chi connectivity index (χ1v) is 9.92. The molecular weight excluding hydrogens is 390 g/mol. The van der Waals surface area contributed by atoms with Crippen LogP contribution in [0.15, 0.2) is 58.8 Å². The zero-order chi connectivity index (χ0) is 20.6. The molecule has 3 rings (SSSR count). The van der Waals surface area contributed by atoms with Crippen molar-refractivity contribution in [3.8, 4) is 22.9 Å². The topological polar surface area (TPSA) is 102 Å². The van der Waals surface area contributed by atoms with E-state index in [9.17, 15) is 9.90 Å². The van der Waals surface area contributed by atoms with Gasteiger partial charge in [-0.3, -0.25) is 4.79 Å². The summed E-state index contributed by atoms with van der Waals surface area (Å²) in [7, 11) is 1.86. The monoisotopic (exact) mass is 411 g/mol. The van der Waals surface area contributed by atoms with E-state index in [0.717, 1.165) is 11.4 Å². The van der Waals surface area contributed by atoms with E-state index in [1.165, 1.54) is 24.0 Å². The number of rotatable bonds is 8. The Morgan fingerprint density at radius 3 is 2.79 bits per heavy atom. The number of nitrogens with zero attached hydrogens (tertiary/aromatic N) is 4. The Labute approximate surface area is 172 Å². The number of amides is 1. The number of hydrogen-bond acceptors (Lipinski definition) is 7. The van der Waals surface area contributed by atoms with E-state index >= 15 is 0 Å². The van der Waals surface area contributed by atoms with E-state index < -0.39 is 0 Å². The number of benzene rings is 2. The molecule has 2 aromatic carbocycles. The Morgan fingerprint density at radius 1 is 1.28 bits per heavy atom. The van der Waals surface area contributed by atoms with E-state index in [-0.39, 0.29) is 17.4 Å². The molecular formula is C20H21N5O3S. The maximum absolute atomic E-state index is 12.0. The maximum Gasteiger partial charge on any atom is 0.250 e. The van der Waals surface area contributed by atoms with Gasteiger partial charge in [-0.2, -0.15) is 5.10 Å². The van der Waals surface area contributed by atoms with Crippen molar-refractivity contribution >= 4 is 23.9 Å². The number of carbonyl (C=O) groups excluding carboxylic acids is 1. The Bertz CT molecular complexity index is 1000. The quantitative estimate of drug-likeness (QED) is 0.336. The van der Waals surface area contributed by atoms with Crippen LogP contribution in [-0.4, -0.2) is 44.4 Å². The standard InChI is InChI=1S/C20H21N5O3S/c1-3-28-17-10-9-14(11-16(17)26)12-21-22-18(27)13-29-20-24-23-19(25(20)2)15-7-5-4-6-8-15/h4-12,26H,3,13H2,1-2H3,(H,22,27)/b21-12+. The number of phenols is 1. The van der Waals surface area contributed by atoms with Gasteiger partial charge in [0.15, 0.2) is 22.5 Å². The number of hydrazone groups is 1. The van der Waals surface area contributed by atoms with Crippen molar-refractivity contribution in [3.63, 3.8) is 0 Å². The van der Waals surface area contributed by atoms with Crippen LogP contribution in [0.4, 0.5) is 0 Å². The number of hydrogen-bond donors (Lipinski definition) is 2. The molecule has 1 amide bonds. The number of ether oxygens (including phenoxy) is 1. The molecule has 0 spiro atoms. The second kappa shape index (κ2) is 9.74. The second-order valence-corrected chi connectivity index (χ2v) is 6.92. The Balaban J connectivity index is 1.52. The third-order valence-electron chi connectivity index (χ3n) is 3.88. The molecule has 1 aromatic heterocycles. The number of carbonyl (C=O) groups is 1. The van der Waals surface area contributed by atoms with Crippen molar-refractivity contribution in [1.29, 1.82) is 0 Å². The zero-order valence-corrected chi connectivity index (χ0v) is 16.9. The molecule has 0 radical (unpaired) electrons. The van der Waals surface area contributed by atoms with Crippen LogP contribution in [0, 0.1) is 0 Å². The van der Waals surface area contributed by atoms with E-state index in [1.807, 2.05) is 48.9 Å². The van der Waals surface area contributed by atoms with Crippen LogP contribution in [-0.2, 0) is 11.8 Å². The first-order chi connectivity index (χ1) is 14.1. The molecule has 0 atom stereocenters. The van der Waals surface area contributed by atoms with Gasteiger partial charge in [0, 0.05) is 12.6 Å². The van der Waals surface area contributed by atoms with Crippen molar-refractivity contribution in [2.45, 2.75) is 12.1 Å². The fourth-order valence-corrected chi connectivity index (χ4v) is 3.22. The summed E-state index contributed by atoms with van der Waals surface area (Å²) in [4.78, 5) is 12.0. The molecule has 0 aliphatic carbocycles. The average Bonchev–Trinajstić information content (AvgIpc) is 3.09. The van der Waals surface area contributed by atoms with Crippen LogP contribution in [0.5, 0.6) is 11.5 Å². The summed E-state index contributed by atoms with van der Waals surface area (Å²) in [5.74, 6) is 1.04. The fourth-order valence-electron chi connectivity index (χ4n) is 2.51. The summed E-state index contributed by atoms with van der Waals surface area (Å²) in [6, 6.07) is 14.6. The molecule has 0 saturated heterocycles. The summed E-state index contributed by atoms with van der Waals surface area (Å²) in [6.07, 6.45) is 1.45. The van der Waals surface area contributed by atoms with Crippen LogP contribution in [0.1, 0.15) is 12.5 Å². The SMILES string of the molecule is CCOc1ccc(/C=N/NC(=O)CSc2nnc(-c3ccccc3)n2C)cc1O. The highest BCUT2D eigenvalue weighted by Gasteiger charge is 2.12. The van der Waals surface area contributed by atoms with Gasteiger partial charge in [0.25, 0.3) is 5.91 Å². The first kappa shape index (κ1) is 20.4. The summed E-state index contributed by atoms with van der Waals surface area (Å²) < 4.78 is 7.11. The minimum absolute atomic E-state index is 0.0224. The van der Waals surface area contributed by atoms with E-state index in [0.29, 0.717) is 23.1 Å². The van der Waals surface area contributed by atoms with Crippen molar-refractivity contribution in [2.24, 2.45) is 12.1 Å². The third kappa shape index (κ3) is 5.35. The molecule has 1 heterocycles. The first-order valence-electron chi connectivity index (χ1n) is 8.93. The lowest BCUT2D eigenvalue weighted by Gasteiger charge is -2.05. The number of aromatic hydroxyl groups is 1. The molecule has 0 bridgehead atoms. The largest absolute Gasteiger partial charge is 0.504 e. The molecule has 0 fully saturated rings. The molecule has 0 aliphatic rings. The van der Waals surface area contributed by atoms with Gasteiger partial charge in [0.05, 0.1) is 18.6 Å². The number of nitrogens with one attached hydrogen (secondary N) is 1. The zero-order valence-electron chi connectivity index (χ0n) is 16.1. The summed E-state index contributed by atoms with van der Waals surface area (Å²) in [5, 5.41) is 22.7. The number of thioether (sulfide) groups is 1. The Kier molecular flexibility index (Phi) is 6.85. The van der Waals surface area contributed by atoms with Crippen LogP contribution in [0.2, 0.25) is 0 Å². The van der Waals surface area contributed by atoms with Gasteiger partial charge in [0.1, 0.15) is 0 Å². The molecule has 150 valence electrons. The van der Waals surface area contributed by atoms with Gasteiger partial charge < -0.3 is 14.4 Å². The highest BCUT2D eigenvalue weighted by molar-refractivity contribution is 7.99. The van der Waals surface area contributed by atoms with Crippen molar-refractivity contribution in [2.75, 3.05) is 12.4 Å². The van der Waals surface area contributed by atoms with Crippen molar-refractivity contribution < 1.29 is 14.6 Å². The summed E-state index contributed by atoms with van der Waals surface area (Å²) in [6.45, 7) is 2.30. The average molecular weight is 411 g/mol. The van der Waals surface area contributed by atoms with E-state index in [4.69, 9.17) is 4.74 Å². The van der Waals surface area contributed by atoms with E-state index in [1.54, 1.807) is 12.1 Å². The van der Waals surface area contributed by atoms with Crippen LogP contribution < -0.4 is 10.2 Å². The predicted octanol–water partition coefficient (Wildman–Crippen LogP) is 2.83. The van der Waals surface area contributed by atoms with Gasteiger partial charge >= 0.3 is 0 Å². The lowest BCUT2D eigenvalue weighted by molar-refractivity contribution is -0.118. The predicted molar refractivity (Wildman–Crippen MR) is 112 cm³/mol. The smallest absolute Gasteiger partial charge is 0.250 e. The molecule has 0 aliphatic heterocycles. The minimum atomic E-state index is -0.273. The van der Waals surface area contributed by atoms with Gasteiger partial charge in [-0.15, -0.1) is 10.2 Å². The van der Waals surface area contributed by atoms with Gasteiger partial charge in [-0.25, -0.2) is 5.43 Å². The molecule has 29 heavy (non-hydrogen) atoms. The lowest BCUT2D eigenvalue weighted by atomic mass is 10.2. The van der Waals surface area contributed by atoms with Crippen LogP contribution >= 0.6 is 11.8 Å². The van der Waals surface area contributed by atoms with Crippen LogP contribution in [0.25, 0.3) is 11.4 Å². The van der Waals surface area contributed by atoms with Crippen molar-refractivity contribution in [1.82, 2.24) is 20.2 Å². The van der Waals surface area contributed by atoms with Gasteiger partial charge in [-0.1, -0.05) is 42.1 Å². The van der Waals surface area contributed by atoms with Crippen LogP contribution in [0.3, 0.4) is 0 Å². The van der Waals surface area contributed by atoms with Crippen molar-refractivity contribution in [3.05, 3.63) is 54.1 Å². The molecule has 3 aromatic rings. The number of aromatic nitrogens is 3. The highest BCUT2D eigenvalue weighted by Crippen LogP contribution is 2.26. The molecule has 8 nitrogen and oxygen atoms in total. The molecule has 0 unspecified atom stereocenters. The second-order valence-electron chi connectivity index (χ2n) is 5.97. The Morgan fingerprint density at radius 2 is 2.07 bits per heavy atom. The summed E-state index contributed by atoms with van der Waals surface area (Å²) >= 11 is 1.27. The number of phenolic OH excluding ortho intramolecular Hbond substituents is 1. The third-order valence-corrected chi connectivity index (χ3v) is 4.91. The Hall–Kier alpha value is -3.33.